The van der Waals surface area contributed by atoms with Crippen molar-refractivity contribution in [2.45, 2.75) is 10.9 Å². The lowest BCUT2D eigenvalue weighted by molar-refractivity contribution is -0.121. The SMILES string of the molecule is CN(CC(=O)NCC(c1cccc(F)c1)N1CCOCC1)S(=O)(=O)c1ccc(F)cc1. The summed E-state index contributed by atoms with van der Waals surface area (Å²) in [6.07, 6.45) is 0. The van der Waals surface area contributed by atoms with Crippen molar-refractivity contribution in [3.8, 4) is 0 Å². The summed E-state index contributed by atoms with van der Waals surface area (Å²) < 4.78 is 58.3. The summed E-state index contributed by atoms with van der Waals surface area (Å²) in [5.41, 5.74) is 0.717. The van der Waals surface area contributed by atoms with Crippen LogP contribution in [-0.2, 0) is 19.6 Å². The van der Waals surface area contributed by atoms with Gasteiger partial charge in [0.2, 0.25) is 15.9 Å². The van der Waals surface area contributed by atoms with Gasteiger partial charge in [0.25, 0.3) is 0 Å². The maximum atomic E-state index is 13.8. The summed E-state index contributed by atoms with van der Waals surface area (Å²) in [7, 11) is -2.66. The number of hydrogen-bond acceptors (Lipinski definition) is 5. The number of nitrogens with zero attached hydrogens (tertiary/aromatic N) is 2. The fourth-order valence-corrected chi connectivity index (χ4v) is 4.53. The topological polar surface area (TPSA) is 79.0 Å². The van der Waals surface area contributed by atoms with Gasteiger partial charge in [0.05, 0.1) is 30.7 Å². The van der Waals surface area contributed by atoms with Gasteiger partial charge in [-0.3, -0.25) is 9.69 Å². The number of carbonyl (C=O) groups is 1. The molecule has 0 aromatic heterocycles. The van der Waals surface area contributed by atoms with Crippen LogP contribution in [0.3, 0.4) is 0 Å². The molecule has 0 bridgehead atoms. The quantitative estimate of drug-likeness (QED) is 0.659. The lowest BCUT2D eigenvalue weighted by atomic mass is 10.0. The number of hydrogen-bond donors (Lipinski definition) is 1. The predicted octanol–water partition coefficient (Wildman–Crippen LogP) is 1.77. The number of halogens is 2. The van der Waals surface area contributed by atoms with Gasteiger partial charge in [-0.05, 0) is 42.0 Å². The second kappa shape index (κ2) is 10.3. The van der Waals surface area contributed by atoms with Crippen LogP contribution in [0.25, 0.3) is 0 Å². The Balaban J connectivity index is 1.65. The van der Waals surface area contributed by atoms with E-state index in [0.29, 0.717) is 26.3 Å². The fraction of sp³-hybridized carbons (Fsp3) is 0.381. The molecule has 1 fully saturated rings. The molecule has 0 saturated carbocycles. The summed E-state index contributed by atoms with van der Waals surface area (Å²) in [5.74, 6) is -1.42. The third kappa shape index (κ3) is 6.07. The van der Waals surface area contributed by atoms with E-state index < -0.39 is 28.3 Å². The molecule has 0 aliphatic carbocycles. The van der Waals surface area contributed by atoms with Crippen LogP contribution in [0, 0.1) is 11.6 Å². The standard InChI is InChI=1S/C21H25F2N3O4S/c1-25(31(28,29)19-7-5-17(22)6-8-19)15-21(27)24-14-20(26-9-11-30-12-10-26)16-3-2-4-18(23)13-16/h2-8,13,20H,9-12,14-15H2,1H3,(H,24,27). The molecule has 0 spiro atoms. The zero-order valence-electron chi connectivity index (χ0n) is 17.1. The molecule has 2 aromatic carbocycles. The number of sulfonamides is 1. The molecular weight excluding hydrogens is 428 g/mol. The van der Waals surface area contributed by atoms with Crippen LogP contribution in [0.1, 0.15) is 11.6 Å². The number of amides is 1. The molecule has 1 aliphatic rings. The van der Waals surface area contributed by atoms with Crippen molar-refractivity contribution in [3.05, 3.63) is 65.7 Å². The normalized spacial score (nSPS) is 16.3. The highest BCUT2D eigenvalue weighted by atomic mass is 32.2. The maximum absolute atomic E-state index is 13.8. The van der Waals surface area contributed by atoms with E-state index in [1.54, 1.807) is 12.1 Å². The first kappa shape index (κ1) is 23.3. The lowest BCUT2D eigenvalue weighted by Gasteiger charge is -2.35. The molecule has 2 aromatic rings. The molecule has 1 aliphatic heterocycles. The molecule has 1 atom stereocenters. The van der Waals surface area contributed by atoms with Crippen molar-refractivity contribution < 1.29 is 26.7 Å². The van der Waals surface area contributed by atoms with E-state index in [4.69, 9.17) is 4.74 Å². The molecule has 0 radical (unpaired) electrons. The Morgan fingerprint density at radius 2 is 1.81 bits per heavy atom. The molecule has 10 heteroatoms. The minimum absolute atomic E-state index is 0.102. The Labute approximate surface area is 180 Å². The average molecular weight is 454 g/mol. The Morgan fingerprint density at radius 3 is 2.45 bits per heavy atom. The van der Waals surface area contributed by atoms with Crippen LogP contribution in [-0.4, -0.2) is 70.0 Å². The number of carbonyl (C=O) groups excluding carboxylic acids is 1. The van der Waals surface area contributed by atoms with Gasteiger partial charge in [0.15, 0.2) is 0 Å². The van der Waals surface area contributed by atoms with Crippen molar-refractivity contribution in [2.75, 3.05) is 46.4 Å². The first-order chi connectivity index (χ1) is 14.8. The van der Waals surface area contributed by atoms with Crippen LogP contribution in [0.2, 0.25) is 0 Å². The van der Waals surface area contributed by atoms with E-state index in [9.17, 15) is 22.0 Å². The first-order valence-electron chi connectivity index (χ1n) is 9.83. The minimum atomic E-state index is -3.94. The van der Waals surface area contributed by atoms with Gasteiger partial charge in [0, 0.05) is 26.7 Å². The second-order valence-corrected chi connectivity index (χ2v) is 9.28. The van der Waals surface area contributed by atoms with Gasteiger partial charge >= 0.3 is 0 Å². The highest BCUT2D eigenvalue weighted by Crippen LogP contribution is 2.22. The number of rotatable bonds is 8. The molecule has 1 saturated heterocycles. The number of nitrogens with one attached hydrogen (secondary N) is 1. The molecule has 3 rings (SSSR count). The molecule has 7 nitrogen and oxygen atoms in total. The summed E-state index contributed by atoms with van der Waals surface area (Å²) in [6, 6.07) is 10.3. The predicted molar refractivity (Wildman–Crippen MR) is 111 cm³/mol. The van der Waals surface area contributed by atoms with Gasteiger partial charge in [-0.25, -0.2) is 17.2 Å². The van der Waals surface area contributed by atoms with Crippen molar-refractivity contribution in [1.29, 1.82) is 0 Å². The zero-order valence-corrected chi connectivity index (χ0v) is 17.9. The van der Waals surface area contributed by atoms with Crippen LogP contribution in [0.4, 0.5) is 8.78 Å². The van der Waals surface area contributed by atoms with Crippen LogP contribution < -0.4 is 5.32 Å². The number of ether oxygens (including phenoxy) is 1. The van der Waals surface area contributed by atoms with Crippen molar-refractivity contribution >= 4 is 15.9 Å². The number of likely N-dealkylation sites (N-methyl/N-ethyl adjacent to an activating group) is 1. The first-order valence-corrected chi connectivity index (χ1v) is 11.3. The monoisotopic (exact) mass is 453 g/mol. The number of benzene rings is 2. The van der Waals surface area contributed by atoms with Crippen LogP contribution >= 0.6 is 0 Å². The molecule has 168 valence electrons. The largest absolute Gasteiger partial charge is 0.379 e. The van der Waals surface area contributed by atoms with Gasteiger partial charge in [0.1, 0.15) is 11.6 Å². The Hall–Kier alpha value is -2.40. The van der Waals surface area contributed by atoms with E-state index in [0.717, 1.165) is 34.1 Å². The minimum Gasteiger partial charge on any atom is -0.379 e. The van der Waals surface area contributed by atoms with Gasteiger partial charge in [-0.2, -0.15) is 4.31 Å². The summed E-state index contributed by atoms with van der Waals surface area (Å²) >= 11 is 0. The second-order valence-electron chi connectivity index (χ2n) is 7.24. The number of morpholine rings is 1. The van der Waals surface area contributed by atoms with E-state index in [-0.39, 0.29) is 23.3 Å². The van der Waals surface area contributed by atoms with Crippen molar-refractivity contribution in [1.82, 2.24) is 14.5 Å². The van der Waals surface area contributed by atoms with Gasteiger partial charge in [-0.15, -0.1) is 0 Å². The van der Waals surface area contributed by atoms with Gasteiger partial charge < -0.3 is 10.1 Å². The Kier molecular flexibility index (Phi) is 7.71. The fourth-order valence-electron chi connectivity index (χ4n) is 3.40. The Bertz CT molecular complexity index is 996. The summed E-state index contributed by atoms with van der Waals surface area (Å²) in [5, 5.41) is 2.75. The lowest BCUT2D eigenvalue weighted by Crippen LogP contribution is -2.45. The summed E-state index contributed by atoms with van der Waals surface area (Å²) in [6.45, 7) is 2.13. The molecule has 31 heavy (non-hydrogen) atoms. The maximum Gasteiger partial charge on any atom is 0.243 e. The highest BCUT2D eigenvalue weighted by molar-refractivity contribution is 7.89. The van der Waals surface area contributed by atoms with E-state index in [1.807, 2.05) is 0 Å². The van der Waals surface area contributed by atoms with Gasteiger partial charge in [-0.1, -0.05) is 12.1 Å². The highest BCUT2D eigenvalue weighted by Gasteiger charge is 2.26. The third-order valence-electron chi connectivity index (χ3n) is 5.10. The molecule has 1 unspecified atom stereocenters. The van der Waals surface area contributed by atoms with E-state index >= 15 is 0 Å². The Morgan fingerprint density at radius 1 is 1.13 bits per heavy atom. The zero-order chi connectivity index (χ0) is 22.4. The summed E-state index contributed by atoms with van der Waals surface area (Å²) in [4.78, 5) is 14.5. The van der Waals surface area contributed by atoms with E-state index in [2.05, 4.69) is 10.2 Å². The smallest absolute Gasteiger partial charge is 0.243 e. The molecular formula is C21H25F2N3O4S. The third-order valence-corrected chi connectivity index (χ3v) is 6.92. The van der Waals surface area contributed by atoms with Crippen LogP contribution in [0.5, 0.6) is 0 Å². The average Bonchev–Trinajstić information content (AvgIpc) is 2.75. The molecule has 1 heterocycles. The van der Waals surface area contributed by atoms with Crippen molar-refractivity contribution in [2.24, 2.45) is 0 Å². The van der Waals surface area contributed by atoms with Crippen LogP contribution in [0.15, 0.2) is 53.4 Å². The molecule has 1 amide bonds. The van der Waals surface area contributed by atoms with E-state index in [1.165, 1.54) is 19.2 Å². The molecule has 1 N–H and O–H groups in total. The van der Waals surface area contributed by atoms with Crippen molar-refractivity contribution in [3.63, 3.8) is 0 Å².